The van der Waals surface area contributed by atoms with Crippen molar-refractivity contribution in [3.63, 3.8) is 0 Å². The van der Waals surface area contributed by atoms with E-state index in [-0.39, 0.29) is 6.61 Å². The molecule has 0 fully saturated rings. The van der Waals surface area contributed by atoms with Crippen molar-refractivity contribution >= 4 is 0 Å². The fourth-order valence-electron chi connectivity index (χ4n) is 2.09. The molecule has 1 heterocycles. The molecule has 3 nitrogen and oxygen atoms in total. The SMILES string of the molecule is CCc1cnc(-c2ccc(CCCO)cc2C)nc1. The summed E-state index contributed by atoms with van der Waals surface area (Å²) in [6.45, 7) is 4.41. The Morgan fingerprint density at radius 1 is 1.11 bits per heavy atom. The highest BCUT2D eigenvalue weighted by Crippen LogP contribution is 2.21. The maximum atomic E-state index is 8.86. The van der Waals surface area contributed by atoms with Crippen molar-refractivity contribution in [1.29, 1.82) is 0 Å². The van der Waals surface area contributed by atoms with Crippen molar-refractivity contribution in [2.45, 2.75) is 33.1 Å². The third-order valence-electron chi connectivity index (χ3n) is 3.27. The van der Waals surface area contributed by atoms with E-state index in [1.54, 1.807) is 0 Å². The molecule has 0 saturated heterocycles. The molecule has 3 heteroatoms. The van der Waals surface area contributed by atoms with E-state index in [4.69, 9.17) is 5.11 Å². The van der Waals surface area contributed by atoms with E-state index >= 15 is 0 Å². The van der Waals surface area contributed by atoms with Gasteiger partial charge in [-0.25, -0.2) is 9.97 Å². The Morgan fingerprint density at radius 2 is 1.84 bits per heavy atom. The number of hydrogen-bond acceptors (Lipinski definition) is 3. The molecule has 0 aliphatic carbocycles. The summed E-state index contributed by atoms with van der Waals surface area (Å²) in [7, 11) is 0. The van der Waals surface area contributed by atoms with Crippen LogP contribution in [0.15, 0.2) is 30.6 Å². The van der Waals surface area contributed by atoms with Crippen LogP contribution in [0.5, 0.6) is 0 Å². The maximum absolute atomic E-state index is 8.86. The average molecular weight is 256 g/mol. The summed E-state index contributed by atoms with van der Waals surface area (Å²) in [5, 5.41) is 8.86. The lowest BCUT2D eigenvalue weighted by Crippen LogP contribution is -1.95. The number of rotatable bonds is 5. The van der Waals surface area contributed by atoms with Gasteiger partial charge in [-0.05, 0) is 42.9 Å². The second-order valence-corrected chi connectivity index (χ2v) is 4.74. The number of aliphatic hydroxyl groups is 1. The van der Waals surface area contributed by atoms with Crippen LogP contribution in [-0.4, -0.2) is 21.7 Å². The summed E-state index contributed by atoms with van der Waals surface area (Å²) in [5.74, 6) is 0.781. The summed E-state index contributed by atoms with van der Waals surface area (Å²) in [5.41, 5.74) is 4.66. The number of benzene rings is 1. The van der Waals surface area contributed by atoms with Crippen LogP contribution < -0.4 is 0 Å². The standard InChI is InChI=1S/C16H20N2O/c1-3-13-10-17-16(18-11-13)15-7-6-14(5-4-8-19)9-12(15)2/h6-7,9-11,19H,3-5,8H2,1-2H3. The molecule has 2 aromatic rings. The van der Waals surface area contributed by atoms with Gasteiger partial charge < -0.3 is 5.11 Å². The van der Waals surface area contributed by atoms with Gasteiger partial charge in [0.25, 0.3) is 0 Å². The number of hydrogen-bond donors (Lipinski definition) is 1. The molecule has 2 rings (SSSR count). The van der Waals surface area contributed by atoms with Crippen LogP contribution in [0, 0.1) is 6.92 Å². The number of aryl methyl sites for hydroxylation is 3. The summed E-state index contributed by atoms with van der Waals surface area (Å²) in [6, 6.07) is 6.32. The largest absolute Gasteiger partial charge is 0.396 e. The zero-order valence-corrected chi connectivity index (χ0v) is 11.6. The van der Waals surface area contributed by atoms with E-state index in [1.165, 1.54) is 11.1 Å². The average Bonchev–Trinajstić information content (AvgIpc) is 2.45. The Labute approximate surface area is 114 Å². The van der Waals surface area contributed by atoms with E-state index in [0.29, 0.717) is 0 Å². The first kappa shape index (κ1) is 13.7. The second-order valence-electron chi connectivity index (χ2n) is 4.74. The van der Waals surface area contributed by atoms with Crippen LogP contribution in [0.2, 0.25) is 0 Å². The summed E-state index contributed by atoms with van der Waals surface area (Å²) >= 11 is 0. The van der Waals surface area contributed by atoms with Crippen LogP contribution in [0.25, 0.3) is 11.4 Å². The van der Waals surface area contributed by atoms with Gasteiger partial charge in [0.15, 0.2) is 5.82 Å². The van der Waals surface area contributed by atoms with Gasteiger partial charge in [0.05, 0.1) is 0 Å². The number of nitrogens with zero attached hydrogens (tertiary/aromatic N) is 2. The molecule has 0 unspecified atom stereocenters. The Hall–Kier alpha value is -1.74. The monoisotopic (exact) mass is 256 g/mol. The molecule has 100 valence electrons. The van der Waals surface area contributed by atoms with Crippen molar-refractivity contribution in [1.82, 2.24) is 9.97 Å². The van der Waals surface area contributed by atoms with Crippen LogP contribution >= 0.6 is 0 Å². The smallest absolute Gasteiger partial charge is 0.159 e. The topological polar surface area (TPSA) is 46.0 Å². The normalized spacial score (nSPS) is 10.7. The summed E-state index contributed by atoms with van der Waals surface area (Å²) < 4.78 is 0. The fourth-order valence-corrected chi connectivity index (χ4v) is 2.09. The molecule has 0 spiro atoms. The van der Waals surface area contributed by atoms with Crippen LogP contribution in [0.1, 0.15) is 30.0 Å². The summed E-state index contributed by atoms with van der Waals surface area (Å²) in [6.07, 6.45) is 6.45. The van der Waals surface area contributed by atoms with Crippen LogP contribution in [0.3, 0.4) is 0 Å². The molecule has 0 radical (unpaired) electrons. The molecule has 0 bridgehead atoms. The predicted molar refractivity (Wildman–Crippen MR) is 77.0 cm³/mol. The first-order chi connectivity index (χ1) is 9.24. The van der Waals surface area contributed by atoms with E-state index in [2.05, 4.69) is 42.0 Å². The van der Waals surface area contributed by atoms with Crippen molar-refractivity contribution in [3.05, 3.63) is 47.3 Å². The Morgan fingerprint density at radius 3 is 2.42 bits per heavy atom. The van der Waals surface area contributed by atoms with Crippen molar-refractivity contribution < 1.29 is 5.11 Å². The molecule has 0 atom stereocenters. The van der Waals surface area contributed by atoms with Gasteiger partial charge in [0.2, 0.25) is 0 Å². The maximum Gasteiger partial charge on any atom is 0.159 e. The minimum absolute atomic E-state index is 0.238. The zero-order chi connectivity index (χ0) is 13.7. The molecule has 1 aromatic heterocycles. The van der Waals surface area contributed by atoms with Gasteiger partial charge in [0, 0.05) is 24.6 Å². The highest BCUT2D eigenvalue weighted by molar-refractivity contribution is 5.60. The quantitative estimate of drug-likeness (QED) is 0.894. The second kappa shape index (κ2) is 6.43. The van der Waals surface area contributed by atoms with Gasteiger partial charge in [-0.2, -0.15) is 0 Å². The third-order valence-corrected chi connectivity index (χ3v) is 3.27. The first-order valence-corrected chi connectivity index (χ1v) is 6.76. The molecule has 0 amide bonds. The van der Waals surface area contributed by atoms with Gasteiger partial charge in [0.1, 0.15) is 0 Å². The van der Waals surface area contributed by atoms with Gasteiger partial charge in [-0.3, -0.25) is 0 Å². The lowest BCUT2D eigenvalue weighted by atomic mass is 10.0. The minimum Gasteiger partial charge on any atom is -0.396 e. The molecular weight excluding hydrogens is 236 g/mol. The minimum atomic E-state index is 0.238. The highest BCUT2D eigenvalue weighted by Gasteiger charge is 2.06. The fraction of sp³-hybridized carbons (Fsp3) is 0.375. The third kappa shape index (κ3) is 3.38. The molecule has 0 aliphatic rings. The van der Waals surface area contributed by atoms with Crippen LogP contribution in [-0.2, 0) is 12.8 Å². The van der Waals surface area contributed by atoms with Crippen LogP contribution in [0.4, 0.5) is 0 Å². The first-order valence-electron chi connectivity index (χ1n) is 6.76. The lowest BCUT2D eigenvalue weighted by molar-refractivity contribution is 0.288. The summed E-state index contributed by atoms with van der Waals surface area (Å²) in [4.78, 5) is 8.84. The van der Waals surface area contributed by atoms with E-state index in [0.717, 1.165) is 36.2 Å². The Bertz CT molecular complexity index is 535. The lowest BCUT2D eigenvalue weighted by Gasteiger charge is -2.07. The Kier molecular flexibility index (Phi) is 4.63. The van der Waals surface area contributed by atoms with E-state index in [1.807, 2.05) is 12.4 Å². The molecule has 19 heavy (non-hydrogen) atoms. The number of aliphatic hydroxyl groups excluding tert-OH is 1. The Balaban J connectivity index is 2.24. The molecule has 1 aromatic carbocycles. The van der Waals surface area contributed by atoms with E-state index in [9.17, 15) is 0 Å². The van der Waals surface area contributed by atoms with Gasteiger partial charge in [-0.15, -0.1) is 0 Å². The van der Waals surface area contributed by atoms with Crippen molar-refractivity contribution in [2.24, 2.45) is 0 Å². The van der Waals surface area contributed by atoms with Gasteiger partial charge in [-0.1, -0.05) is 25.1 Å². The highest BCUT2D eigenvalue weighted by atomic mass is 16.2. The molecular formula is C16H20N2O. The molecule has 1 N–H and O–H groups in total. The molecule has 0 aliphatic heterocycles. The van der Waals surface area contributed by atoms with Crippen molar-refractivity contribution in [2.75, 3.05) is 6.61 Å². The van der Waals surface area contributed by atoms with Crippen molar-refractivity contribution in [3.8, 4) is 11.4 Å². The molecule has 0 saturated carbocycles. The predicted octanol–water partition coefficient (Wildman–Crippen LogP) is 2.94. The zero-order valence-electron chi connectivity index (χ0n) is 11.6. The van der Waals surface area contributed by atoms with Gasteiger partial charge >= 0.3 is 0 Å². The number of aromatic nitrogens is 2. The van der Waals surface area contributed by atoms with E-state index < -0.39 is 0 Å².